The highest BCUT2D eigenvalue weighted by atomic mass is 19.4. The molecule has 4 aliphatic rings. The second-order valence-electron chi connectivity index (χ2n) is 12.5. The standard InChI is InChI=1S/C33H41F3N6/c1-5-23-9-8-12-40(17-23)18-25-15-29(33(34,35)36)30-20-41(22(3)42(30)19-25)28-11-7-10-26(16-28)31(27-13-24(6-2)14-27)32-38-37-21-39(32)4/h7,10-11,15-16,19-21,23-24,27,31H,3,5-6,8-9,12-14,17-18H2,1-2,4H3/t23-,24?,27?,31?/m0/s1. The van der Waals surface area contributed by atoms with E-state index in [0.29, 0.717) is 29.8 Å². The first-order valence-electron chi connectivity index (χ1n) is 15.3. The Morgan fingerprint density at radius 2 is 1.86 bits per heavy atom. The van der Waals surface area contributed by atoms with Gasteiger partial charge in [-0.3, -0.25) is 4.90 Å². The Morgan fingerprint density at radius 3 is 2.55 bits per heavy atom. The molecule has 4 heterocycles. The molecule has 6 rings (SSSR count). The summed E-state index contributed by atoms with van der Waals surface area (Å²) in [5.41, 5.74) is 2.03. The van der Waals surface area contributed by atoms with E-state index >= 15 is 0 Å². The van der Waals surface area contributed by atoms with Crippen LogP contribution in [-0.2, 0) is 7.05 Å². The quantitative estimate of drug-likeness (QED) is 0.328. The summed E-state index contributed by atoms with van der Waals surface area (Å²) in [4.78, 5) is 5.69. The molecule has 1 aromatic heterocycles. The predicted molar refractivity (Wildman–Crippen MR) is 159 cm³/mol. The van der Waals surface area contributed by atoms with Gasteiger partial charge in [-0.05, 0) is 79.3 Å². The molecule has 0 amide bonds. The van der Waals surface area contributed by atoms with Crippen LogP contribution in [0.2, 0.25) is 0 Å². The molecule has 0 N–H and O–H groups in total. The van der Waals surface area contributed by atoms with Gasteiger partial charge in [0.1, 0.15) is 18.0 Å². The highest BCUT2D eigenvalue weighted by molar-refractivity contribution is 5.64. The Morgan fingerprint density at radius 1 is 1.07 bits per heavy atom. The fraction of sp³-hybridized carbons (Fsp3) is 0.515. The maximum absolute atomic E-state index is 14.4. The van der Waals surface area contributed by atoms with Crippen LogP contribution in [0.4, 0.5) is 18.9 Å². The van der Waals surface area contributed by atoms with Crippen molar-refractivity contribution in [3.05, 3.63) is 89.7 Å². The van der Waals surface area contributed by atoms with Gasteiger partial charge in [0.05, 0.1) is 11.3 Å². The monoisotopic (exact) mass is 578 g/mol. The van der Waals surface area contributed by atoms with Gasteiger partial charge in [-0.25, -0.2) is 0 Å². The van der Waals surface area contributed by atoms with Crippen LogP contribution in [0.15, 0.2) is 78.3 Å². The molecule has 2 fully saturated rings. The third-order valence-electron chi connectivity index (χ3n) is 9.71. The summed E-state index contributed by atoms with van der Waals surface area (Å²) in [6.45, 7) is 11.0. The molecule has 0 radical (unpaired) electrons. The lowest BCUT2D eigenvalue weighted by Crippen LogP contribution is -2.37. The van der Waals surface area contributed by atoms with Gasteiger partial charge in [0, 0.05) is 44.1 Å². The fourth-order valence-corrected chi connectivity index (χ4v) is 7.21. The highest BCUT2D eigenvalue weighted by Crippen LogP contribution is 2.48. The summed E-state index contributed by atoms with van der Waals surface area (Å²) >= 11 is 0. The van der Waals surface area contributed by atoms with Crippen molar-refractivity contribution in [2.45, 2.75) is 64.5 Å². The lowest BCUT2D eigenvalue weighted by molar-refractivity contribution is -0.0909. The van der Waals surface area contributed by atoms with Crippen LogP contribution in [0, 0.1) is 17.8 Å². The lowest BCUT2D eigenvalue weighted by atomic mass is 9.65. The molecule has 1 unspecified atom stereocenters. The molecule has 1 aliphatic carbocycles. The van der Waals surface area contributed by atoms with Crippen molar-refractivity contribution in [1.29, 1.82) is 0 Å². The average Bonchev–Trinajstić information content (AvgIpc) is 3.52. The Balaban J connectivity index is 1.30. The van der Waals surface area contributed by atoms with Crippen molar-refractivity contribution < 1.29 is 13.2 Å². The Hall–Kier alpha value is -3.33. The van der Waals surface area contributed by atoms with E-state index in [1.807, 2.05) is 29.9 Å². The molecule has 2 atom stereocenters. The number of allylic oxidation sites excluding steroid dienone is 1. The number of aryl methyl sites for hydroxylation is 1. The molecule has 1 saturated carbocycles. The van der Waals surface area contributed by atoms with E-state index in [2.05, 4.69) is 47.7 Å². The van der Waals surface area contributed by atoms with E-state index in [9.17, 15) is 13.2 Å². The minimum Gasteiger partial charge on any atom is -0.320 e. The first kappa shape index (κ1) is 28.8. The van der Waals surface area contributed by atoms with E-state index in [1.54, 1.807) is 22.3 Å². The van der Waals surface area contributed by atoms with Crippen molar-refractivity contribution in [3.8, 4) is 0 Å². The van der Waals surface area contributed by atoms with Crippen LogP contribution in [0.25, 0.3) is 0 Å². The number of fused-ring (bicyclic) bond motifs is 1. The highest BCUT2D eigenvalue weighted by Gasteiger charge is 2.44. The predicted octanol–water partition coefficient (Wildman–Crippen LogP) is 7.33. The van der Waals surface area contributed by atoms with Crippen LogP contribution >= 0.6 is 0 Å². The van der Waals surface area contributed by atoms with Gasteiger partial charge in [0.25, 0.3) is 0 Å². The maximum Gasteiger partial charge on any atom is 0.418 e. The van der Waals surface area contributed by atoms with Crippen molar-refractivity contribution in [2.24, 2.45) is 24.8 Å². The van der Waals surface area contributed by atoms with Gasteiger partial charge >= 0.3 is 6.18 Å². The van der Waals surface area contributed by atoms with Crippen LogP contribution < -0.4 is 4.90 Å². The topological polar surface area (TPSA) is 40.4 Å². The number of halogens is 3. The number of nitrogens with zero attached hydrogens (tertiary/aromatic N) is 6. The smallest absolute Gasteiger partial charge is 0.320 e. The molecule has 224 valence electrons. The molecule has 1 saturated heterocycles. The summed E-state index contributed by atoms with van der Waals surface area (Å²) in [7, 11) is 1.97. The zero-order valence-electron chi connectivity index (χ0n) is 24.8. The Kier molecular flexibility index (Phi) is 7.81. The summed E-state index contributed by atoms with van der Waals surface area (Å²) in [5.74, 6) is 3.25. The number of alkyl halides is 3. The number of piperidine rings is 1. The van der Waals surface area contributed by atoms with Crippen LogP contribution in [-0.4, -0.2) is 50.4 Å². The summed E-state index contributed by atoms with van der Waals surface area (Å²) in [6, 6.07) is 8.10. The Bertz CT molecular complexity index is 1410. The minimum absolute atomic E-state index is 0.0694. The fourth-order valence-electron chi connectivity index (χ4n) is 7.21. The molecule has 9 heteroatoms. The van der Waals surface area contributed by atoms with Gasteiger partial charge < -0.3 is 14.4 Å². The van der Waals surface area contributed by atoms with Crippen molar-refractivity contribution in [1.82, 2.24) is 24.6 Å². The number of hydrogen-bond acceptors (Lipinski definition) is 5. The first-order valence-corrected chi connectivity index (χ1v) is 15.3. The van der Waals surface area contributed by atoms with Crippen molar-refractivity contribution in [2.75, 3.05) is 24.5 Å². The number of rotatable bonds is 8. The number of anilines is 1. The van der Waals surface area contributed by atoms with Gasteiger partial charge in [-0.15, -0.1) is 10.2 Å². The molecular weight excluding hydrogens is 537 g/mol. The van der Waals surface area contributed by atoms with E-state index in [0.717, 1.165) is 61.8 Å². The zero-order valence-corrected chi connectivity index (χ0v) is 24.8. The molecule has 1 aromatic carbocycles. The van der Waals surface area contributed by atoms with Crippen molar-refractivity contribution in [3.63, 3.8) is 0 Å². The molecular formula is C33H41F3N6. The Labute approximate surface area is 246 Å². The molecule has 6 nitrogen and oxygen atoms in total. The number of benzene rings is 1. The number of likely N-dealkylation sites (tertiary alicyclic amines) is 1. The van der Waals surface area contributed by atoms with Crippen LogP contribution in [0.3, 0.4) is 0 Å². The minimum atomic E-state index is -4.48. The first-order chi connectivity index (χ1) is 20.2. The molecule has 0 bridgehead atoms. The van der Waals surface area contributed by atoms with E-state index in [1.165, 1.54) is 18.9 Å². The molecule has 2 aromatic rings. The second kappa shape index (κ2) is 11.4. The zero-order chi connectivity index (χ0) is 29.6. The number of aromatic nitrogens is 3. The molecule has 0 spiro atoms. The van der Waals surface area contributed by atoms with E-state index in [-0.39, 0.29) is 11.6 Å². The lowest BCUT2D eigenvalue weighted by Gasteiger charge is -2.40. The van der Waals surface area contributed by atoms with Crippen LogP contribution in [0.1, 0.15) is 69.7 Å². The summed E-state index contributed by atoms with van der Waals surface area (Å²) in [6.07, 6.45) is 8.81. The molecule has 3 aliphatic heterocycles. The summed E-state index contributed by atoms with van der Waals surface area (Å²) < 4.78 is 45.3. The van der Waals surface area contributed by atoms with Gasteiger partial charge in [-0.2, -0.15) is 13.2 Å². The second-order valence-corrected chi connectivity index (χ2v) is 12.5. The molecule has 42 heavy (non-hydrogen) atoms. The third kappa shape index (κ3) is 5.43. The van der Waals surface area contributed by atoms with E-state index < -0.39 is 11.7 Å². The third-order valence-corrected chi connectivity index (χ3v) is 9.71. The van der Waals surface area contributed by atoms with Crippen molar-refractivity contribution >= 4 is 5.69 Å². The largest absolute Gasteiger partial charge is 0.418 e. The summed E-state index contributed by atoms with van der Waals surface area (Å²) in [5, 5.41) is 8.62. The van der Waals surface area contributed by atoms with Crippen LogP contribution in [0.5, 0.6) is 0 Å². The van der Waals surface area contributed by atoms with Gasteiger partial charge in [-0.1, -0.05) is 45.4 Å². The van der Waals surface area contributed by atoms with Gasteiger partial charge in [0.2, 0.25) is 0 Å². The number of hydrogen-bond donors (Lipinski definition) is 0. The van der Waals surface area contributed by atoms with E-state index in [4.69, 9.17) is 0 Å². The average molecular weight is 579 g/mol. The SMILES string of the molecule is C=C1N2C=C(CN3CCC[C@H](CC)C3)C=C(C(F)(F)F)C2=CN1c1cccc(C(c2nncn2C)C2CC(CC)C2)c1. The maximum atomic E-state index is 14.4. The normalized spacial score (nSPS) is 25.5. The van der Waals surface area contributed by atoms with Gasteiger partial charge in [0.15, 0.2) is 0 Å².